The first-order valence-corrected chi connectivity index (χ1v) is 12.3. The van der Waals surface area contributed by atoms with Crippen molar-refractivity contribution in [2.24, 2.45) is 0 Å². The fourth-order valence-corrected chi connectivity index (χ4v) is 4.06. The molecule has 164 valence electrons. The molecule has 3 heteroatoms. The van der Waals surface area contributed by atoms with Gasteiger partial charge in [-0.15, -0.1) is 0 Å². The third-order valence-electron chi connectivity index (χ3n) is 6.21. The second kappa shape index (κ2) is 20.9. The third-order valence-corrected chi connectivity index (χ3v) is 6.21. The number of unbranched alkanes of at least 4 members (excludes halogenated alkanes) is 15. The number of ether oxygens (including phenoxy) is 1. The Labute approximate surface area is 177 Å². The second-order valence-electron chi connectivity index (χ2n) is 8.61. The first kappa shape index (κ1) is 27.2. The Hall–Kier alpha value is 0.210. The molecule has 1 N–H and O–H groups in total. The van der Waals surface area contributed by atoms with Gasteiger partial charge < -0.3 is 22.0 Å². The van der Waals surface area contributed by atoms with Gasteiger partial charge in [-0.2, -0.15) is 0 Å². The van der Waals surface area contributed by atoms with E-state index >= 15 is 0 Å². The lowest BCUT2D eigenvalue weighted by molar-refractivity contribution is -0.896. The molecule has 1 fully saturated rings. The minimum atomic E-state index is 0. The van der Waals surface area contributed by atoms with Gasteiger partial charge in [0.1, 0.15) is 0 Å². The number of epoxide rings is 1. The highest BCUT2D eigenvalue weighted by atomic mass is 35.5. The molecule has 27 heavy (non-hydrogen) atoms. The number of hydrogen-bond donors (Lipinski definition) is 1. The number of hydrogen-bond acceptors (Lipinski definition) is 1. The van der Waals surface area contributed by atoms with Gasteiger partial charge >= 0.3 is 0 Å². The summed E-state index contributed by atoms with van der Waals surface area (Å²) in [4.78, 5) is 1.77. The van der Waals surface area contributed by atoms with Gasteiger partial charge in [0.05, 0.1) is 32.3 Å². The maximum atomic E-state index is 5.25. The molecule has 1 unspecified atom stereocenters. The van der Waals surface area contributed by atoms with Crippen molar-refractivity contribution in [2.45, 2.75) is 129 Å². The molecule has 1 aliphatic heterocycles. The summed E-state index contributed by atoms with van der Waals surface area (Å²) < 4.78 is 5.25. The number of rotatable bonds is 21. The van der Waals surface area contributed by atoms with Crippen LogP contribution >= 0.6 is 0 Å². The van der Waals surface area contributed by atoms with Crippen molar-refractivity contribution in [3.8, 4) is 0 Å². The molecule has 0 radical (unpaired) electrons. The lowest BCUT2D eigenvalue weighted by atomic mass is 10.0. The van der Waals surface area contributed by atoms with E-state index in [1.807, 2.05) is 0 Å². The Morgan fingerprint density at radius 1 is 0.593 bits per heavy atom. The van der Waals surface area contributed by atoms with Gasteiger partial charge in [-0.3, -0.25) is 0 Å². The van der Waals surface area contributed by atoms with E-state index in [1.165, 1.54) is 129 Å². The highest BCUT2D eigenvalue weighted by Crippen LogP contribution is 2.18. The topological polar surface area (TPSA) is 17.0 Å². The maximum absolute atomic E-state index is 5.25. The molecule has 0 aliphatic carbocycles. The van der Waals surface area contributed by atoms with Gasteiger partial charge in [-0.25, -0.2) is 0 Å². The van der Waals surface area contributed by atoms with Crippen LogP contribution in [0.15, 0.2) is 0 Å². The van der Waals surface area contributed by atoms with Crippen molar-refractivity contribution in [3.63, 3.8) is 0 Å². The standard InChI is InChI=1S/C24H49NO.ClH/c1-3-25(4-2)22-20-18-16-14-12-10-8-6-5-7-9-11-13-15-17-19-21-24-23-26-24;/h24H,3-23H2,1-2H3;1H. The minimum absolute atomic E-state index is 0. The minimum Gasteiger partial charge on any atom is -1.00 e. The van der Waals surface area contributed by atoms with Gasteiger partial charge in [-0.1, -0.05) is 89.9 Å². The van der Waals surface area contributed by atoms with Crippen LogP contribution in [0.5, 0.6) is 0 Å². The third kappa shape index (κ3) is 19.3. The largest absolute Gasteiger partial charge is 1.00 e. The Balaban J connectivity index is 0.00000676. The van der Waals surface area contributed by atoms with Crippen LogP contribution in [0, 0.1) is 0 Å². The number of nitrogens with one attached hydrogen (secondary N) is 1. The summed E-state index contributed by atoms with van der Waals surface area (Å²) >= 11 is 0. The van der Waals surface area contributed by atoms with E-state index in [2.05, 4.69) is 13.8 Å². The van der Waals surface area contributed by atoms with Crippen LogP contribution < -0.4 is 17.3 Å². The molecule has 0 bridgehead atoms. The Bertz CT molecular complexity index is 280. The van der Waals surface area contributed by atoms with Crippen molar-refractivity contribution >= 4 is 0 Å². The van der Waals surface area contributed by atoms with E-state index in [0.717, 1.165) is 6.61 Å². The summed E-state index contributed by atoms with van der Waals surface area (Å²) in [6, 6.07) is 0. The molecule has 0 aromatic carbocycles. The molecule has 1 atom stereocenters. The summed E-state index contributed by atoms with van der Waals surface area (Å²) in [5, 5.41) is 0. The summed E-state index contributed by atoms with van der Waals surface area (Å²) in [6.07, 6.45) is 25.3. The van der Waals surface area contributed by atoms with E-state index < -0.39 is 0 Å². The normalized spacial score (nSPS) is 15.9. The fraction of sp³-hybridized carbons (Fsp3) is 1.00. The van der Waals surface area contributed by atoms with Crippen LogP contribution in [-0.2, 0) is 4.74 Å². The SMILES string of the molecule is CC[NH+](CC)CCCCCCCCCCCCCCCCCCC1CO1.[Cl-]. The zero-order valence-corrected chi connectivity index (χ0v) is 19.5. The summed E-state index contributed by atoms with van der Waals surface area (Å²) in [6.45, 7) is 9.65. The van der Waals surface area contributed by atoms with E-state index in [-0.39, 0.29) is 12.4 Å². The predicted octanol–water partition coefficient (Wildman–Crippen LogP) is 2.95. The van der Waals surface area contributed by atoms with Gasteiger partial charge in [0.25, 0.3) is 0 Å². The Morgan fingerprint density at radius 3 is 1.26 bits per heavy atom. The second-order valence-corrected chi connectivity index (χ2v) is 8.61. The fourth-order valence-electron chi connectivity index (χ4n) is 4.06. The van der Waals surface area contributed by atoms with Crippen molar-refractivity contribution in [1.29, 1.82) is 0 Å². The smallest absolute Gasteiger partial charge is 0.0810 e. The van der Waals surface area contributed by atoms with Crippen LogP contribution in [-0.4, -0.2) is 32.3 Å². The lowest BCUT2D eigenvalue weighted by Crippen LogP contribution is -3.11. The molecule has 1 aliphatic rings. The first-order valence-electron chi connectivity index (χ1n) is 12.3. The van der Waals surface area contributed by atoms with Gasteiger partial charge in [-0.05, 0) is 33.1 Å². The maximum Gasteiger partial charge on any atom is 0.0810 e. The zero-order chi connectivity index (χ0) is 18.7. The van der Waals surface area contributed by atoms with E-state index in [1.54, 1.807) is 4.90 Å². The molecule has 0 spiro atoms. The quantitative estimate of drug-likeness (QED) is 0.230. The van der Waals surface area contributed by atoms with E-state index in [9.17, 15) is 0 Å². The number of quaternary nitrogens is 1. The molecule has 0 aromatic heterocycles. The van der Waals surface area contributed by atoms with Crippen molar-refractivity contribution in [2.75, 3.05) is 26.2 Å². The van der Waals surface area contributed by atoms with Crippen LogP contribution in [0.2, 0.25) is 0 Å². The predicted molar refractivity (Wildman–Crippen MR) is 115 cm³/mol. The Morgan fingerprint density at radius 2 is 0.926 bits per heavy atom. The molecule has 2 nitrogen and oxygen atoms in total. The van der Waals surface area contributed by atoms with Crippen molar-refractivity contribution in [1.82, 2.24) is 0 Å². The molecule has 0 aromatic rings. The zero-order valence-electron chi connectivity index (χ0n) is 18.7. The lowest BCUT2D eigenvalue weighted by Gasteiger charge is -2.14. The van der Waals surface area contributed by atoms with Crippen LogP contribution in [0.25, 0.3) is 0 Å². The first-order chi connectivity index (χ1) is 12.9. The van der Waals surface area contributed by atoms with Crippen molar-refractivity contribution in [3.05, 3.63) is 0 Å². The molecule has 1 heterocycles. The summed E-state index contributed by atoms with van der Waals surface area (Å²) in [5.41, 5.74) is 0. The van der Waals surface area contributed by atoms with Crippen LogP contribution in [0.1, 0.15) is 123 Å². The van der Waals surface area contributed by atoms with Gasteiger partial charge in [0.15, 0.2) is 0 Å². The van der Waals surface area contributed by atoms with Crippen molar-refractivity contribution < 1.29 is 22.0 Å². The average molecular weight is 404 g/mol. The van der Waals surface area contributed by atoms with Gasteiger partial charge in [0.2, 0.25) is 0 Å². The van der Waals surface area contributed by atoms with Crippen LogP contribution in [0.3, 0.4) is 0 Å². The molecule has 1 rings (SSSR count). The summed E-state index contributed by atoms with van der Waals surface area (Å²) in [5.74, 6) is 0. The molecule has 0 saturated carbocycles. The summed E-state index contributed by atoms with van der Waals surface area (Å²) in [7, 11) is 0. The van der Waals surface area contributed by atoms with E-state index in [4.69, 9.17) is 4.74 Å². The Kier molecular flexibility index (Phi) is 21.1. The average Bonchev–Trinajstić information content (AvgIpc) is 3.48. The monoisotopic (exact) mass is 403 g/mol. The molecule has 0 amide bonds. The highest BCUT2D eigenvalue weighted by molar-refractivity contribution is 4.68. The van der Waals surface area contributed by atoms with Crippen LogP contribution in [0.4, 0.5) is 0 Å². The molecular weight excluding hydrogens is 354 g/mol. The van der Waals surface area contributed by atoms with Gasteiger partial charge in [0, 0.05) is 0 Å². The molecular formula is C24H50ClNO. The van der Waals surface area contributed by atoms with E-state index in [0.29, 0.717) is 6.10 Å². The highest BCUT2D eigenvalue weighted by Gasteiger charge is 2.20. The molecule has 1 saturated heterocycles. The number of halogens is 1.